The van der Waals surface area contributed by atoms with E-state index in [0.717, 1.165) is 5.00 Å². The highest BCUT2D eigenvalue weighted by molar-refractivity contribution is 7.11. The normalized spacial score (nSPS) is 10.4. The average Bonchev–Trinajstić information content (AvgIpc) is 2.61. The lowest BCUT2D eigenvalue weighted by molar-refractivity contribution is -0.120. The molecule has 0 aliphatic carbocycles. The summed E-state index contributed by atoms with van der Waals surface area (Å²) in [7, 11) is 0. The van der Waals surface area contributed by atoms with E-state index >= 15 is 0 Å². The third-order valence-electron chi connectivity index (χ3n) is 2.04. The molecule has 0 aliphatic rings. The maximum absolute atomic E-state index is 11.3. The fourth-order valence-electron chi connectivity index (χ4n) is 1.33. The van der Waals surface area contributed by atoms with Crippen molar-refractivity contribution >= 4 is 28.3 Å². The van der Waals surface area contributed by atoms with E-state index in [1.807, 2.05) is 20.8 Å². The standard InChI is InChI=1S/C11H20N4O2S/c1-4-13-8(16)5-6-14-11-9(17-7(2)3)10(12)15-18-11/h7,14H,4-6H2,1-3H3,(H2,12,15)(H,13,16). The maximum Gasteiger partial charge on any atom is 0.221 e. The number of aromatic nitrogens is 1. The Kier molecular flexibility index (Phi) is 5.70. The molecule has 0 fully saturated rings. The molecule has 1 aromatic rings. The van der Waals surface area contributed by atoms with Gasteiger partial charge in [0, 0.05) is 19.5 Å². The molecule has 4 N–H and O–H groups in total. The van der Waals surface area contributed by atoms with Gasteiger partial charge in [0.05, 0.1) is 6.10 Å². The Morgan fingerprint density at radius 3 is 2.89 bits per heavy atom. The van der Waals surface area contributed by atoms with Crippen LogP contribution in [0.25, 0.3) is 0 Å². The maximum atomic E-state index is 11.3. The first kappa shape index (κ1) is 14.6. The lowest BCUT2D eigenvalue weighted by atomic mass is 10.4. The van der Waals surface area contributed by atoms with E-state index < -0.39 is 0 Å². The summed E-state index contributed by atoms with van der Waals surface area (Å²) in [6.45, 7) is 6.92. The van der Waals surface area contributed by atoms with Gasteiger partial charge in [0.2, 0.25) is 5.91 Å². The van der Waals surface area contributed by atoms with Crippen LogP contribution in [0.2, 0.25) is 0 Å². The summed E-state index contributed by atoms with van der Waals surface area (Å²) in [6, 6.07) is 0. The average molecular weight is 272 g/mol. The van der Waals surface area contributed by atoms with Crippen LogP contribution in [0.4, 0.5) is 10.8 Å². The van der Waals surface area contributed by atoms with Crippen LogP contribution in [0.1, 0.15) is 27.2 Å². The smallest absolute Gasteiger partial charge is 0.221 e. The lowest BCUT2D eigenvalue weighted by Crippen LogP contribution is -2.24. The van der Waals surface area contributed by atoms with E-state index in [1.165, 1.54) is 11.5 Å². The highest BCUT2D eigenvalue weighted by atomic mass is 32.1. The van der Waals surface area contributed by atoms with Gasteiger partial charge in [-0.1, -0.05) is 0 Å². The fourth-order valence-corrected chi connectivity index (χ4v) is 2.01. The van der Waals surface area contributed by atoms with Crippen molar-refractivity contribution in [3.8, 4) is 5.75 Å². The summed E-state index contributed by atoms with van der Waals surface area (Å²) < 4.78 is 9.62. The first-order valence-corrected chi connectivity index (χ1v) is 6.74. The van der Waals surface area contributed by atoms with Crippen LogP contribution in [0.5, 0.6) is 5.75 Å². The van der Waals surface area contributed by atoms with Gasteiger partial charge >= 0.3 is 0 Å². The van der Waals surface area contributed by atoms with E-state index in [-0.39, 0.29) is 12.0 Å². The van der Waals surface area contributed by atoms with Crippen molar-refractivity contribution in [2.45, 2.75) is 33.3 Å². The third-order valence-corrected chi connectivity index (χ3v) is 2.84. The molecule has 0 aliphatic heterocycles. The van der Waals surface area contributed by atoms with Crippen molar-refractivity contribution < 1.29 is 9.53 Å². The summed E-state index contributed by atoms with van der Waals surface area (Å²) in [4.78, 5) is 11.3. The van der Waals surface area contributed by atoms with Gasteiger partial charge in [-0.25, -0.2) is 0 Å². The highest BCUT2D eigenvalue weighted by Crippen LogP contribution is 2.35. The summed E-state index contributed by atoms with van der Waals surface area (Å²) >= 11 is 1.24. The number of nitrogens with one attached hydrogen (secondary N) is 2. The van der Waals surface area contributed by atoms with Crippen molar-refractivity contribution in [2.24, 2.45) is 0 Å². The van der Waals surface area contributed by atoms with Gasteiger partial charge in [-0.15, -0.1) is 0 Å². The van der Waals surface area contributed by atoms with E-state index in [2.05, 4.69) is 15.0 Å². The molecule has 0 unspecified atom stereocenters. The molecule has 0 bridgehead atoms. The van der Waals surface area contributed by atoms with Crippen LogP contribution >= 0.6 is 11.5 Å². The van der Waals surface area contributed by atoms with Crippen LogP contribution < -0.4 is 21.1 Å². The van der Waals surface area contributed by atoms with Gasteiger partial charge in [-0.2, -0.15) is 4.37 Å². The van der Waals surface area contributed by atoms with Crippen LogP contribution in [-0.4, -0.2) is 29.5 Å². The molecule has 1 amide bonds. The van der Waals surface area contributed by atoms with E-state index in [0.29, 0.717) is 31.1 Å². The molecular weight excluding hydrogens is 252 g/mol. The summed E-state index contributed by atoms with van der Waals surface area (Å²) in [6.07, 6.45) is 0.444. The van der Waals surface area contributed by atoms with Crippen LogP contribution in [0.15, 0.2) is 0 Å². The summed E-state index contributed by atoms with van der Waals surface area (Å²) in [5.41, 5.74) is 5.72. The largest absolute Gasteiger partial charge is 0.484 e. The number of anilines is 2. The predicted molar refractivity (Wildman–Crippen MR) is 74.1 cm³/mol. The lowest BCUT2D eigenvalue weighted by Gasteiger charge is -2.11. The van der Waals surface area contributed by atoms with Gasteiger partial charge in [-0.3, -0.25) is 4.79 Å². The molecule has 102 valence electrons. The van der Waals surface area contributed by atoms with Crippen molar-refractivity contribution in [2.75, 3.05) is 24.1 Å². The number of nitrogens with zero attached hydrogens (tertiary/aromatic N) is 1. The Labute approximate surface area is 111 Å². The molecule has 0 radical (unpaired) electrons. The molecule has 7 heteroatoms. The van der Waals surface area contributed by atoms with Crippen molar-refractivity contribution in [1.82, 2.24) is 9.69 Å². The zero-order valence-electron chi connectivity index (χ0n) is 10.9. The first-order valence-electron chi connectivity index (χ1n) is 5.97. The molecule has 0 atom stereocenters. The molecule has 0 saturated carbocycles. The minimum atomic E-state index is 0.0221. The van der Waals surface area contributed by atoms with Crippen LogP contribution in [0, 0.1) is 0 Å². The monoisotopic (exact) mass is 272 g/mol. The minimum Gasteiger partial charge on any atom is -0.484 e. The topological polar surface area (TPSA) is 89.3 Å². The number of nitrogen functional groups attached to an aromatic ring is 1. The highest BCUT2D eigenvalue weighted by Gasteiger charge is 2.14. The predicted octanol–water partition coefficient (Wildman–Crippen LogP) is 1.45. The van der Waals surface area contributed by atoms with Crippen LogP contribution in [-0.2, 0) is 4.79 Å². The number of rotatable bonds is 7. The van der Waals surface area contributed by atoms with E-state index in [9.17, 15) is 4.79 Å². The number of nitrogens with two attached hydrogens (primary N) is 1. The number of hydrogen-bond donors (Lipinski definition) is 3. The quantitative estimate of drug-likeness (QED) is 0.699. The van der Waals surface area contributed by atoms with Gasteiger partial charge < -0.3 is 21.1 Å². The second-order valence-corrected chi connectivity index (χ2v) is 4.80. The van der Waals surface area contributed by atoms with E-state index in [4.69, 9.17) is 10.5 Å². The Morgan fingerprint density at radius 2 is 2.28 bits per heavy atom. The number of ether oxygens (including phenoxy) is 1. The molecule has 0 aromatic carbocycles. The third kappa shape index (κ3) is 4.40. The van der Waals surface area contributed by atoms with Crippen molar-refractivity contribution in [1.29, 1.82) is 0 Å². The van der Waals surface area contributed by atoms with Gasteiger partial charge in [0.25, 0.3) is 0 Å². The van der Waals surface area contributed by atoms with Crippen LogP contribution in [0.3, 0.4) is 0 Å². The first-order chi connectivity index (χ1) is 8.54. The minimum absolute atomic E-state index is 0.0221. The second-order valence-electron chi connectivity index (χ2n) is 4.02. The number of amides is 1. The molecule has 0 saturated heterocycles. The Bertz CT molecular complexity index is 392. The zero-order chi connectivity index (χ0) is 13.5. The molecule has 1 heterocycles. The molecule has 6 nitrogen and oxygen atoms in total. The molecule has 1 aromatic heterocycles. The fraction of sp³-hybridized carbons (Fsp3) is 0.636. The summed E-state index contributed by atoms with van der Waals surface area (Å²) in [5.74, 6) is 0.980. The van der Waals surface area contributed by atoms with Crippen molar-refractivity contribution in [3.05, 3.63) is 0 Å². The van der Waals surface area contributed by atoms with Crippen molar-refractivity contribution in [3.63, 3.8) is 0 Å². The molecule has 1 rings (SSSR count). The molecule has 18 heavy (non-hydrogen) atoms. The Morgan fingerprint density at radius 1 is 1.56 bits per heavy atom. The number of carbonyl (C=O) groups is 1. The zero-order valence-corrected chi connectivity index (χ0v) is 11.8. The second kappa shape index (κ2) is 7.05. The number of carbonyl (C=O) groups excluding carboxylic acids is 1. The van der Waals surface area contributed by atoms with E-state index in [1.54, 1.807) is 0 Å². The van der Waals surface area contributed by atoms with Gasteiger partial charge in [0.1, 0.15) is 0 Å². The summed E-state index contributed by atoms with van der Waals surface area (Å²) in [5, 5.41) is 6.62. The van der Waals surface area contributed by atoms with Gasteiger partial charge in [-0.05, 0) is 32.3 Å². The Balaban J connectivity index is 2.49. The SMILES string of the molecule is CCNC(=O)CCNc1snc(N)c1OC(C)C. The molecular formula is C11H20N4O2S. The van der Waals surface area contributed by atoms with Gasteiger partial charge in [0.15, 0.2) is 16.6 Å². The molecule has 0 spiro atoms. The number of hydrogen-bond acceptors (Lipinski definition) is 6. The Hall–Kier alpha value is -1.50.